The molecule has 128 valence electrons. The van der Waals surface area contributed by atoms with Crippen LogP contribution < -0.4 is 16.4 Å². The van der Waals surface area contributed by atoms with Gasteiger partial charge in [0.1, 0.15) is 0 Å². The Morgan fingerprint density at radius 1 is 1.17 bits per heavy atom. The van der Waals surface area contributed by atoms with Crippen molar-refractivity contribution in [1.82, 2.24) is 10.2 Å². The fraction of sp³-hybridized carbons (Fsp3) is 0.588. The van der Waals surface area contributed by atoms with Crippen LogP contribution >= 0.6 is 12.4 Å². The van der Waals surface area contributed by atoms with Crippen molar-refractivity contribution in [2.24, 2.45) is 0 Å². The molecular weight excluding hydrogens is 312 g/mol. The molecule has 1 saturated heterocycles. The van der Waals surface area contributed by atoms with Crippen molar-refractivity contribution in [3.63, 3.8) is 0 Å². The SMILES string of the molecule is Cl.Nc1cc(C(=O)N2CCNCC2)ccc1NC1CCCCC1. The first-order valence-corrected chi connectivity index (χ1v) is 8.40. The Morgan fingerprint density at radius 2 is 1.87 bits per heavy atom. The van der Waals surface area contributed by atoms with Gasteiger partial charge in [-0.1, -0.05) is 19.3 Å². The molecule has 1 aromatic carbocycles. The van der Waals surface area contributed by atoms with Gasteiger partial charge in [0.15, 0.2) is 0 Å². The molecule has 4 N–H and O–H groups in total. The van der Waals surface area contributed by atoms with Crippen LogP contribution in [0.2, 0.25) is 0 Å². The molecule has 23 heavy (non-hydrogen) atoms. The molecule has 1 aliphatic carbocycles. The van der Waals surface area contributed by atoms with Crippen LogP contribution in [0.25, 0.3) is 0 Å². The summed E-state index contributed by atoms with van der Waals surface area (Å²) >= 11 is 0. The van der Waals surface area contributed by atoms with Crippen molar-refractivity contribution in [3.05, 3.63) is 23.8 Å². The molecule has 0 atom stereocenters. The Balaban J connectivity index is 0.00000192. The van der Waals surface area contributed by atoms with E-state index in [-0.39, 0.29) is 18.3 Å². The topological polar surface area (TPSA) is 70.4 Å². The number of carbonyl (C=O) groups is 1. The number of hydrogen-bond acceptors (Lipinski definition) is 4. The standard InChI is InChI=1S/C17H26N4O.ClH/c18-15-12-13(17(22)21-10-8-19-9-11-21)6-7-16(15)20-14-4-2-1-3-5-14;/h6-7,12,14,19-20H,1-5,8-11,18H2;1H. The lowest BCUT2D eigenvalue weighted by atomic mass is 9.95. The number of hydrogen-bond donors (Lipinski definition) is 3. The summed E-state index contributed by atoms with van der Waals surface area (Å²) in [6, 6.07) is 6.19. The molecule has 1 aliphatic heterocycles. The van der Waals surface area contributed by atoms with Gasteiger partial charge in [-0.05, 0) is 31.0 Å². The van der Waals surface area contributed by atoms with Gasteiger partial charge >= 0.3 is 0 Å². The number of benzene rings is 1. The lowest BCUT2D eigenvalue weighted by Gasteiger charge is -2.28. The van der Waals surface area contributed by atoms with E-state index in [1.165, 1.54) is 32.1 Å². The van der Waals surface area contributed by atoms with Gasteiger partial charge in [-0.3, -0.25) is 4.79 Å². The van der Waals surface area contributed by atoms with Crippen LogP contribution in [-0.4, -0.2) is 43.0 Å². The highest BCUT2D eigenvalue weighted by atomic mass is 35.5. The van der Waals surface area contributed by atoms with E-state index in [0.29, 0.717) is 17.3 Å². The molecule has 1 heterocycles. The zero-order valence-electron chi connectivity index (χ0n) is 13.5. The summed E-state index contributed by atoms with van der Waals surface area (Å²) in [7, 11) is 0. The van der Waals surface area contributed by atoms with Gasteiger partial charge in [0.2, 0.25) is 0 Å². The molecule has 0 unspecified atom stereocenters. The summed E-state index contributed by atoms with van der Waals surface area (Å²) in [5, 5.41) is 6.79. The van der Waals surface area contributed by atoms with Crippen molar-refractivity contribution in [2.45, 2.75) is 38.1 Å². The van der Waals surface area contributed by atoms with E-state index in [0.717, 1.165) is 31.9 Å². The minimum atomic E-state index is 0. The molecule has 2 fully saturated rings. The Morgan fingerprint density at radius 3 is 2.52 bits per heavy atom. The molecule has 0 spiro atoms. The van der Waals surface area contributed by atoms with E-state index in [9.17, 15) is 4.79 Å². The maximum Gasteiger partial charge on any atom is 0.254 e. The molecule has 0 bridgehead atoms. The van der Waals surface area contributed by atoms with Crippen molar-refractivity contribution in [3.8, 4) is 0 Å². The minimum Gasteiger partial charge on any atom is -0.397 e. The van der Waals surface area contributed by atoms with Crippen LogP contribution in [0, 0.1) is 0 Å². The summed E-state index contributed by atoms with van der Waals surface area (Å²) in [6.07, 6.45) is 6.34. The summed E-state index contributed by atoms with van der Waals surface area (Å²) in [4.78, 5) is 14.4. The highest BCUT2D eigenvalue weighted by Crippen LogP contribution is 2.26. The zero-order valence-corrected chi connectivity index (χ0v) is 14.3. The fourth-order valence-corrected chi connectivity index (χ4v) is 3.34. The molecule has 6 heteroatoms. The second kappa shape index (κ2) is 8.41. The zero-order chi connectivity index (χ0) is 15.4. The van der Waals surface area contributed by atoms with Gasteiger partial charge in [0.25, 0.3) is 5.91 Å². The number of nitrogens with zero attached hydrogens (tertiary/aromatic N) is 1. The summed E-state index contributed by atoms with van der Waals surface area (Å²) in [5.74, 6) is 0.0809. The lowest BCUT2D eigenvalue weighted by molar-refractivity contribution is 0.0736. The van der Waals surface area contributed by atoms with Crippen LogP contribution in [0.3, 0.4) is 0 Å². The molecule has 1 aromatic rings. The molecule has 0 aromatic heterocycles. The maximum absolute atomic E-state index is 12.5. The first-order valence-electron chi connectivity index (χ1n) is 8.40. The van der Waals surface area contributed by atoms with E-state index in [1.807, 2.05) is 23.1 Å². The summed E-state index contributed by atoms with van der Waals surface area (Å²) < 4.78 is 0. The first kappa shape index (κ1) is 17.9. The molecule has 5 nitrogen and oxygen atoms in total. The quantitative estimate of drug-likeness (QED) is 0.740. The third kappa shape index (κ3) is 4.52. The van der Waals surface area contributed by atoms with E-state index in [1.54, 1.807) is 0 Å². The van der Waals surface area contributed by atoms with Crippen LogP contribution in [0.4, 0.5) is 11.4 Å². The van der Waals surface area contributed by atoms with Gasteiger partial charge in [-0.15, -0.1) is 12.4 Å². The fourth-order valence-electron chi connectivity index (χ4n) is 3.34. The number of nitrogen functional groups attached to an aromatic ring is 1. The predicted octanol–water partition coefficient (Wildman–Crippen LogP) is 2.48. The number of amides is 1. The molecule has 1 amide bonds. The average Bonchev–Trinajstić information content (AvgIpc) is 2.58. The Hall–Kier alpha value is -1.46. The number of nitrogens with two attached hydrogens (primary N) is 1. The highest BCUT2D eigenvalue weighted by Gasteiger charge is 2.19. The third-order valence-electron chi connectivity index (χ3n) is 4.67. The van der Waals surface area contributed by atoms with Gasteiger partial charge in [-0.25, -0.2) is 0 Å². The summed E-state index contributed by atoms with van der Waals surface area (Å²) in [6.45, 7) is 3.26. The van der Waals surface area contributed by atoms with Gasteiger partial charge < -0.3 is 21.3 Å². The number of nitrogens with one attached hydrogen (secondary N) is 2. The Kier molecular flexibility index (Phi) is 6.54. The van der Waals surface area contributed by atoms with E-state index in [2.05, 4.69) is 10.6 Å². The Labute approximate surface area is 144 Å². The molecule has 3 rings (SSSR count). The van der Waals surface area contributed by atoms with Crippen molar-refractivity contribution in [1.29, 1.82) is 0 Å². The highest BCUT2D eigenvalue weighted by molar-refractivity contribution is 5.96. The first-order chi connectivity index (χ1) is 10.7. The minimum absolute atomic E-state index is 0. The maximum atomic E-state index is 12.5. The molecule has 1 saturated carbocycles. The smallest absolute Gasteiger partial charge is 0.254 e. The normalized spacial score (nSPS) is 19.0. The van der Waals surface area contributed by atoms with Gasteiger partial charge in [0.05, 0.1) is 11.4 Å². The predicted molar refractivity (Wildman–Crippen MR) is 97.4 cm³/mol. The van der Waals surface area contributed by atoms with Crippen LogP contribution in [-0.2, 0) is 0 Å². The third-order valence-corrected chi connectivity index (χ3v) is 4.67. The Bertz CT molecular complexity index is 525. The second-order valence-corrected chi connectivity index (χ2v) is 6.32. The monoisotopic (exact) mass is 338 g/mol. The number of anilines is 2. The molecular formula is C17H27ClN4O. The van der Waals surface area contributed by atoms with Crippen LogP contribution in [0.5, 0.6) is 0 Å². The van der Waals surface area contributed by atoms with Gasteiger partial charge in [0, 0.05) is 37.8 Å². The number of carbonyl (C=O) groups excluding carboxylic acids is 1. The van der Waals surface area contributed by atoms with E-state index < -0.39 is 0 Å². The average molecular weight is 339 g/mol. The van der Waals surface area contributed by atoms with Crippen molar-refractivity contribution >= 4 is 29.7 Å². The van der Waals surface area contributed by atoms with E-state index >= 15 is 0 Å². The number of halogens is 1. The van der Waals surface area contributed by atoms with Crippen molar-refractivity contribution in [2.75, 3.05) is 37.2 Å². The number of piperazine rings is 1. The molecule has 2 aliphatic rings. The molecule has 0 radical (unpaired) electrons. The number of rotatable bonds is 3. The van der Waals surface area contributed by atoms with Crippen LogP contribution in [0.15, 0.2) is 18.2 Å². The largest absolute Gasteiger partial charge is 0.397 e. The summed E-state index contributed by atoms with van der Waals surface area (Å²) in [5.41, 5.74) is 8.48. The second-order valence-electron chi connectivity index (χ2n) is 6.32. The van der Waals surface area contributed by atoms with Crippen molar-refractivity contribution < 1.29 is 4.79 Å². The lowest BCUT2D eigenvalue weighted by Crippen LogP contribution is -2.46. The van der Waals surface area contributed by atoms with Crippen LogP contribution in [0.1, 0.15) is 42.5 Å². The van der Waals surface area contributed by atoms with E-state index in [4.69, 9.17) is 5.73 Å². The van der Waals surface area contributed by atoms with Gasteiger partial charge in [-0.2, -0.15) is 0 Å².